The second-order valence-electron chi connectivity index (χ2n) is 9.76. The molecule has 1 aliphatic heterocycles. The molecule has 2 amide bonds. The number of amides is 2. The number of hydrogen-bond acceptors (Lipinski definition) is 4. The van der Waals surface area contributed by atoms with Gasteiger partial charge in [-0.1, -0.05) is 72.8 Å². The zero-order valence-electron chi connectivity index (χ0n) is 22.2. The molecule has 0 aliphatic carbocycles. The first kappa shape index (κ1) is 27.1. The second-order valence-corrected chi connectivity index (χ2v) is 9.76. The van der Waals surface area contributed by atoms with Crippen LogP contribution in [-0.4, -0.2) is 43.0 Å². The lowest BCUT2D eigenvalue weighted by Crippen LogP contribution is -2.41. The van der Waals surface area contributed by atoms with Crippen LogP contribution in [0.5, 0.6) is 0 Å². The minimum atomic E-state index is -0.901. The molecule has 4 aromatic rings. The Morgan fingerprint density at radius 3 is 2.08 bits per heavy atom. The van der Waals surface area contributed by atoms with E-state index in [4.69, 9.17) is 4.74 Å². The molecule has 5 rings (SSSR count). The molecule has 0 spiro atoms. The summed E-state index contributed by atoms with van der Waals surface area (Å²) < 4.78 is 19.1. The van der Waals surface area contributed by atoms with E-state index in [1.165, 1.54) is 12.1 Å². The van der Waals surface area contributed by atoms with Crippen LogP contribution >= 0.6 is 0 Å². The molecule has 1 saturated heterocycles. The third kappa shape index (κ3) is 6.93. The first-order valence-corrected chi connectivity index (χ1v) is 13.4. The van der Waals surface area contributed by atoms with Crippen LogP contribution in [0.1, 0.15) is 22.7 Å². The van der Waals surface area contributed by atoms with Crippen molar-refractivity contribution < 1.29 is 18.7 Å². The van der Waals surface area contributed by atoms with Gasteiger partial charge < -0.3 is 19.9 Å². The fourth-order valence-electron chi connectivity index (χ4n) is 4.88. The number of nitrogens with one attached hydrogen (secondary N) is 1. The third-order valence-electron chi connectivity index (χ3n) is 6.97. The highest BCUT2D eigenvalue weighted by Crippen LogP contribution is 2.27. The quantitative estimate of drug-likeness (QED) is 0.301. The summed E-state index contributed by atoms with van der Waals surface area (Å²) in [5.74, 6) is -0.889. The van der Waals surface area contributed by atoms with Gasteiger partial charge in [0.25, 0.3) is 5.91 Å². The molecule has 1 atom stereocenters. The first-order valence-electron chi connectivity index (χ1n) is 13.4. The molecule has 40 heavy (non-hydrogen) atoms. The summed E-state index contributed by atoms with van der Waals surface area (Å²) in [7, 11) is 0. The largest absolute Gasteiger partial charge is 0.378 e. The zero-order chi connectivity index (χ0) is 27.7. The Kier molecular flexibility index (Phi) is 8.83. The molecule has 204 valence electrons. The fourth-order valence-corrected chi connectivity index (χ4v) is 4.88. The number of halogens is 1. The van der Waals surface area contributed by atoms with Crippen molar-refractivity contribution >= 4 is 23.2 Å². The molecule has 0 bridgehead atoms. The van der Waals surface area contributed by atoms with Gasteiger partial charge in [0.2, 0.25) is 5.91 Å². The van der Waals surface area contributed by atoms with Gasteiger partial charge in [-0.3, -0.25) is 9.59 Å². The van der Waals surface area contributed by atoms with Crippen LogP contribution in [0.3, 0.4) is 0 Å². The van der Waals surface area contributed by atoms with Crippen LogP contribution in [0.15, 0.2) is 109 Å². The van der Waals surface area contributed by atoms with Crippen molar-refractivity contribution in [3.05, 3.63) is 132 Å². The molecule has 6 nitrogen and oxygen atoms in total. The van der Waals surface area contributed by atoms with Gasteiger partial charge in [-0.2, -0.15) is 0 Å². The number of nitrogens with zero attached hydrogens (tertiary/aromatic N) is 2. The lowest BCUT2D eigenvalue weighted by molar-refractivity contribution is -0.139. The smallest absolute Gasteiger partial charge is 0.251 e. The third-order valence-corrected chi connectivity index (χ3v) is 6.97. The Bertz CT molecular complexity index is 1390. The summed E-state index contributed by atoms with van der Waals surface area (Å²) in [6.07, 6.45) is 0.132. The van der Waals surface area contributed by atoms with Crippen molar-refractivity contribution in [3.8, 4) is 0 Å². The van der Waals surface area contributed by atoms with Gasteiger partial charge >= 0.3 is 0 Å². The topological polar surface area (TPSA) is 61.9 Å². The normalized spacial score (nSPS) is 13.9. The molecule has 0 aromatic heterocycles. The molecule has 1 N–H and O–H groups in total. The molecule has 1 aliphatic rings. The zero-order valence-corrected chi connectivity index (χ0v) is 22.2. The SMILES string of the molecule is O=C(Nc1ccc(N2CCOCC2)cc1)C(c1ccccc1)N(Cc1ccc(F)cc1)C(=O)Cc1ccccc1. The van der Waals surface area contributed by atoms with Crippen molar-refractivity contribution in [1.29, 1.82) is 0 Å². The van der Waals surface area contributed by atoms with Crippen molar-refractivity contribution in [2.24, 2.45) is 0 Å². The average Bonchev–Trinajstić information content (AvgIpc) is 3.00. The monoisotopic (exact) mass is 537 g/mol. The van der Waals surface area contributed by atoms with Crippen LogP contribution in [0.25, 0.3) is 0 Å². The van der Waals surface area contributed by atoms with E-state index in [9.17, 15) is 14.0 Å². The van der Waals surface area contributed by atoms with E-state index in [-0.39, 0.29) is 30.6 Å². The Morgan fingerprint density at radius 2 is 1.43 bits per heavy atom. The van der Waals surface area contributed by atoms with E-state index in [2.05, 4.69) is 10.2 Å². The minimum Gasteiger partial charge on any atom is -0.378 e. The number of ether oxygens (including phenoxy) is 1. The molecule has 1 fully saturated rings. The van der Waals surface area contributed by atoms with Crippen LogP contribution < -0.4 is 10.2 Å². The summed E-state index contributed by atoms with van der Waals surface area (Å²) in [5, 5.41) is 3.03. The number of carbonyl (C=O) groups excluding carboxylic acids is 2. The van der Waals surface area contributed by atoms with E-state index < -0.39 is 6.04 Å². The highest BCUT2D eigenvalue weighted by Gasteiger charge is 2.31. The van der Waals surface area contributed by atoms with Crippen LogP contribution in [0, 0.1) is 5.82 Å². The second kappa shape index (κ2) is 13.0. The highest BCUT2D eigenvalue weighted by atomic mass is 19.1. The number of rotatable bonds is 9. The van der Waals surface area contributed by atoms with Crippen molar-refractivity contribution in [3.63, 3.8) is 0 Å². The fraction of sp³-hybridized carbons (Fsp3) is 0.212. The Hall–Kier alpha value is -4.49. The summed E-state index contributed by atoms with van der Waals surface area (Å²) >= 11 is 0. The molecule has 1 unspecified atom stereocenters. The summed E-state index contributed by atoms with van der Waals surface area (Å²) in [4.78, 5) is 31.6. The Labute approximate surface area is 234 Å². The molecule has 4 aromatic carbocycles. The number of anilines is 2. The van der Waals surface area contributed by atoms with Gasteiger partial charge in [0.15, 0.2) is 0 Å². The van der Waals surface area contributed by atoms with E-state index in [0.29, 0.717) is 24.5 Å². The van der Waals surface area contributed by atoms with Gasteiger partial charge in [-0.05, 0) is 53.1 Å². The first-order chi connectivity index (χ1) is 19.6. The Morgan fingerprint density at radius 1 is 0.800 bits per heavy atom. The van der Waals surface area contributed by atoms with Gasteiger partial charge in [-0.15, -0.1) is 0 Å². The minimum absolute atomic E-state index is 0.132. The van der Waals surface area contributed by atoms with Crippen molar-refractivity contribution in [2.45, 2.75) is 19.0 Å². The van der Waals surface area contributed by atoms with Gasteiger partial charge in [-0.25, -0.2) is 4.39 Å². The lowest BCUT2D eigenvalue weighted by atomic mass is 10.0. The number of morpholine rings is 1. The molecule has 0 saturated carbocycles. The number of benzene rings is 4. The van der Waals surface area contributed by atoms with Gasteiger partial charge in [0.05, 0.1) is 19.6 Å². The predicted octanol–water partition coefficient (Wildman–Crippen LogP) is 5.61. The summed E-state index contributed by atoms with van der Waals surface area (Å²) in [6.45, 7) is 3.18. The average molecular weight is 538 g/mol. The van der Waals surface area contributed by atoms with E-state index in [1.807, 2.05) is 84.9 Å². The molecule has 1 heterocycles. The molecular formula is C33H32FN3O3. The lowest BCUT2D eigenvalue weighted by Gasteiger charge is -2.32. The maximum Gasteiger partial charge on any atom is 0.251 e. The Balaban J connectivity index is 1.44. The van der Waals surface area contributed by atoms with Crippen LogP contribution in [0.2, 0.25) is 0 Å². The summed E-state index contributed by atoms with van der Waals surface area (Å²) in [6, 6.07) is 31.5. The van der Waals surface area contributed by atoms with Gasteiger partial charge in [0, 0.05) is 31.0 Å². The molecule has 7 heteroatoms. The van der Waals surface area contributed by atoms with E-state index in [0.717, 1.165) is 29.9 Å². The van der Waals surface area contributed by atoms with Crippen molar-refractivity contribution in [2.75, 3.05) is 36.5 Å². The maximum atomic E-state index is 14.0. The van der Waals surface area contributed by atoms with Gasteiger partial charge in [0.1, 0.15) is 11.9 Å². The standard InChI is InChI=1S/C33H32FN3O3/c34-28-13-11-26(12-14-28)24-37(31(38)23-25-7-3-1-4-8-25)32(27-9-5-2-6-10-27)33(39)35-29-15-17-30(18-16-29)36-19-21-40-22-20-36/h1-18,32H,19-24H2,(H,35,39). The van der Waals surface area contributed by atoms with Crippen LogP contribution in [0.4, 0.5) is 15.8 Å². The maximum absolute atomic E-state index is 14.0. The van der Waals surface area contributed by atoms with Crippen molar-refractivity contribution in [1.82, 2.24) is 4.90 Å². The molecule has 0 radical (unpaired) electrons. The predicted molar refractivity (Wildman–Crippen MR) is 154 cm³/mol. The number of hydrogen-bond donors (Lipinski definition) is 1. The summed E-state index contributed by atoms with van der Waals surface area (Å²) in [5.41, 5.74) is 3.97. The van der Waals surface area contributed by atoms with E-state index >= 15 is 0 Å². The van der Waals surface area contributed by atoms with E-state index in [1.54, 1.807) is 17.0 Å². The van der Waals surface area contributed by atoms with Crippen LogP contribution in [-0.2, 0) is 27.3 Å². The molecular weight excluding hydrogens is 505 g/mol. The number of carbonyl (C=O) groups is 2. The highest BCUT2D eigenvalue weighted by molar-refractivity contribution is 5.98.